The van der Waals surface area contributed by atoms with Crippen molar-refractivity contribution in [2.24, 2.45) is 0 Å². The third kappa shape index (κ3) is 3.78. The molecule has 0 amide bonds. The molecule has 0 aliphatic heterocycles. The second-order valence-corrected chi connectivity index (χ2v) is 13.9. The molecule has 3 heterocycles. The first-order valence-corrected chi connectivity index (χ1v) is 16.9. The van der Waals surface area contributed by atoms with Crippen molar-refractivity contribution in [3.63, 3.8) is 0 Å². The van der Waals surface area contributed by atoms with Gasteiger partial charge in [0.1, 0.15) is 0 Å². The van der Waals surface area contributed by atoms with Gasteiger partial charge in [-0.2, -0.15) is 0 Å². The first-order valence-electron chi connectivity index (χ1n) is 15.3. The summed E-state index contributed by atoms with van der Waals surface area (Å²) >= 11 is 3.77. The average molecular weight is 608 g/mol. The molecule has 0 saturated carbocycles. The maximum Gasteiger partial charge on any atom is 0.0548 e. The summed E-state index contributed by atoms with van der Waals surface area (Å²) in [5.74, 6) is 0. The van der Waals surface area contributed by atoms with E-state index in [0.29, 0.717) is 0 Å². The Hall–Kier alpha value is -5.22. The molecule has 1 nitrogen and oxygen atoms in total. The van der Waals surface area contributed by atoms with E-state index in [-0.39, 0.29) is 0 Å². The third-order valence-corrected chi connectivity index (χ3v) is 11.6. The molecule has 10 rings (SSSR count). The molecule has 10 aromatic rings. The topological polar surface area (TPSA) is 4.93 Å². The molecule has 45 heavy (non-hydrogen) atoms. The van der Waals surface area contributed by atoms with Crippen molar-refractivity contribution >= 4 is 84.8 Å². The van der Waals surface area contributed by atoms with Crippen LogP contribution in [0.2, 0.25) is 0 Å². The van der Waals surface area contributed by atoms with Gasteiger partial charge in [-0.3, -0.25) is 0 Å². The Kier molecular flexibility index (Phi) is 5.39. The SMILES string of the molecule is c1ccc(-c2ccc3c4cc5sc6ccccc6c5cc4n(-c4ccc(-c5cccc6c5sc5ccccc56)cc4)c3c2)cc1. The highest BCUT2D eigenvalue weighted by molar-refractivity contribution is 7.26. The second kappa shape index (κ2) is 9.64. The van der Waals surface area contributed by atoms with Gasteiger partial charge in [0.15, 0.2) is 0 Å². The summed E-state index contributed by atoms with van der Waals surface area (Å²) < 4.78 is 7.82. The van der Waals surface area contributed by atoms with Gasteiger partial charge in [-0.25, -0.2) is 0 Å². The molecule has 3 aromatic heterocycles. The lowest BCUT2D eigenvalue weighted by Gasteiger charge is -2.11. The number of nitrogens with zero attached hydrogens (tertiary/aromatic N) is 1. The number of hydrogen-bond donors (Lipinski definition) is 0. The van der Waals surface area contributed by atoms with Crippen molar-refractivity contribution < 1.29 is 0 Å². The van der Waals surface area contributed by atoms with Gasteiger partial charge in [-0.15, -0.1) is 22.7 Å². The highest BCUT2D eigenvalue weighted by Gasteiger charge is 2.17. The Bertz CT molecular complexity index is 2740. The normalized spacial score (nSPS) is 12.0. The van der Waals surface area contributed by atoms with Crippen LogP contribution in [0.3, 0.4) is 0 Å². The van der Waals surface area contributed by atoms with Crippen LogP contribution in [0.25, 0.3) is 90.1 Å². The summed E-state index contributed by atoms with van der Waals surface area (Å²) in [7, 11) is 0. The van der Waals surface area contributed by atoms with E-state index in [9.17, 15) is 0 Å². The van der Waals surface area contributed by atoms with E-state index in [1.165, 1.54) is 90.1 Å². The van der Waals surface area contributed by atoms with Crippen molar-refractivity contribution in [3.8, 4) is 27.9 Å². The monoisotopic (exact) mass is 607 g/mol. The van der Waals surface area contributed by atoms with Gasteiger partial charge in [0.25, 0.3) is 0 Å². The Morgan fingerprint density at radius 3 is 1.84 bits per heavy atom. The van der Waals surface area contributed by atoms with Crippen LogP contribution in [0, 0.1) is 0 Å². The first kappa shape index (κ1) is 25.1. The van der Waals surface area contributed by atoms with Crippen LogP contribution in [-0.4, -0.2) is 4.57 Å². The van der Waals surface area contributed by atoms with Crippen molar-refractivity contribution in [1.82, 2.24) is 4.57 Å². The second-order valence-electron chi connectivity index (χ2n) is 11.7. The van der Waals surface area contributed by atoms with Crippen molar-refractivity contribution in [2.45, 2.75) is 0 Å². The van der Waals surface area contributed by atoms with E-state index >= 15 is 0 Å². The van der Waals surface area contributed by atoms with Crippen LogP contribution < -0.4 is 0 Å². The van der Waals surface area contributed by atoms with Gasteiger partial charge in [0.2, 0.25) is 0 Å². The number of rotatable bonds is 3. The summed E-state index contributed by atoms with van der Waals surface area (Å²) in [4.78, 5) is 0. The van der Waals surface area contributed by atoms with Gasteiger partial charge in [-0.05, 0) is 64.7 Å². The Labute approximate surface area is 267 Å². The molecule has 7 aromatic carbocycles. The highest BCUT2D eigenvalue weighted by Crippen LogP contribution is 2.43. The molecule has 0 radical (unpaired) electrons. The van der Waals surface area contributed by atoms with E-state index < -0.39 is 0 Å². The molecule has 210 valence electrons. The maximum absolute atomic E-state index is 2.47. The number of benzene rings is 7. The zero-order valence-electron chi connectivity index (χ0n) is 24.2. The molecule has 0 bridgehead atoms. The lowest BCUT2D eigenvalue weighted by Crippen LogP contribution is -1.94. The van der Waals surface area contributed by atoms with Gasteiger partial charge >= 0.3 is 0 Å². The van der Waals surface area contributed by atoms with E-state index in [1.54, 1.807) is 0 Å². The average Bonchev–Trinajstić information content (AvgIpc) is 3.76. The molecule has 0 aliphatic carbocycles. The van der Waals surface area contributed by atoms with Crippen LogP contribution in [0.4, 0.5) is 0 Å². The molecule has 3 heteroatoms. The fraction of sp³-hybridized carbons (Fsp3) is 0. The van der Waals surface area contributed by atoms with Gasteiger partial charge < -0.3 is 4.57 Å². The standard InChI is InChI=1S/C42H25NS2/c1-2-9-26(10-3-1)28-19-22-31-35-25-41-36(33-12-5-6-15-39(33)44-41)24-38(35)43(37(31)23-28)29-20-17-27(18-21-29)30-13-8-14-34-32-11-4-7-16-40(32)45-42(30)34/h1-25H. The fourth-order valence-corrected chi connectivity index (χ4v) is 9.45. The minimum absolute atomic E-state index is 1.17. The number of thiophene rings is 2. The van der Waals surface area contributed by atoms with Crippen LogP contribution in [0.1, 0.15) is 0 Å². The quantitative estimate of drug-likeness (QED) is 0.188. The van der Waals surface area contributed by atoms with E-state index in [1.807, 2.05) is 22.7 Å². The largest absolute Gasteiger partial charge is 0.309 e. The summed E-state index contributed by atoms with van der Waals surface area (Å²) in [6.45, 7) is 0. The lowest BCUT2D eigenvalue weighted by atomic mass is 10.0. The third-order valence-electron chi connectivity index (χ3n) is 9.21. The minimum Gasteiger partial charge on any atom is -0.309 e. The summed E-state index contributed by atoms with van der Waals surface area (Å²) in [5.41, 5.74) is 8.64. The van der Waals surface area contributed by atoms with Gasteiger partial charge in [0.05, 0.1) is 11.0 Å². The van der Waals surface area contributed by atoms with Gasteiger partial charge in [-0.1, -0.05) is 109 Å². The van der Waals surface area contributed by atoms with E-state index in [0.717, 1.165) is 0 Å². The number of fused-ring (bicyclic) bond motifs is 9. The molecule has 0 unspecified atom stereocenters. The predicted molar refractivity (Wildman–Crippen MR) is 197 cm³/mol. The zero-order chi connectivity index (χ0) is 29.5. The Morgan fingerprint density at radius 1 is 0.356 bits per heavy atom. The summed E-state index contributed by atoms with van der Waals surface area (Å²) in [6, 6.07) is 55.9. The van der Waals surface area contributed by atoms with Crippen molar-refractivity contribution in [2.75, 3.05) is 0 Å². The number of hydrogen-bond acceptors (Lipinski definition) is 2. The van der Waals surface area contributed by atoms with Crippen LogP contribution in [0.5, 0.6) is 0 Å². The smallest absolute Gasteiger partial charge is 0.0548 e. The van der Waals surface area contributed by atoms with E-state index in [2.05, 4.69) is 156 Å². The van der Waals surface area contributed by atoms with Gasteiger partial charge in [0, 0.05) is 56.8 Å². The van der Waals surface area contributed by atoms with E-state index in [4.69, 9.17) is 0 Å². The number of aromatic nitrogens is 1. The van der Waals surface area contributed by atoms with Crippen molar-refractivity contribution in [3.05, 3.63) is 152 Å². The molecular weight excluding hydrogens is 583 g/mol. The summed E-state index contributed by atoms with van der Waals surface area (Å²) in [5, 5.41) is 7.89. The Balaban J connectivity index is 1.21. The summed E-state index contributed by atoms with van der Waals surface area (Å²) in [6.07, 6.45) is 0. The van der Waals surface area contributed by atoms with Crippen LogP contribution in [0.15, 0.2) is 152 Å². The zero-order valence-corrected chi connectivity index (χ0v) is 25.8. The molecule has 0 spiro atoms. The van der Waals surface area contributed by atoms with Crippen molar-refractivity contribution in [1.29, 1.82) is 0 Å². The molecule has 0 aliphatic rings. The highest BCUT2D eigenvalue weighted by atomic mass is 32.1. The molecule has 0 atom stereocenters. The lowest BCUT2D eigenvalue weighted by molar-refractivity contribution is 1.18. The molecular formula is C42H25NS2. The van der Waals surface area contributed by atoms with Crippen LogP contribution >= 0.6 is 22.7 Å². The molecule has 0 N–H and O–H groups in total. The first-order chi connectivity index (χ1) is 22.3. The maximum atomic E-state index is 2.47. The molecule has 0 saturated heterocycles. The van der Waals surface area contributed by atoms with Crippen LogP contribution in [-0.2, 0) is 0 Å². The minimum atomic E-state index is 1.17. The molecule has 0 fully saturated rings. The Morgan fingerprint density at radius 2 is 1.02 bits per heavy atom. The fourth-order valence-electron chi connectivity index (χ4n) is 7.09. The predicted octanol–water partition coefficient (Wildman–Crippen LogP) is 12.9.